The molecule has 6 nitrogen and oxygen atoms in total. The fourth-order valence-electron chi connectivity index (χ4n) is 1.78. The molecular formula is C13H14N2O4S. The number of carbonyl (C=O) groups is 3. The summed E-state index contributed by atoms with van der Waals surface area (Å²) in [6.45, 7) is 0.0447. The predicted molar refractivity (Wildman–Crippen MR) is 75.8 cm³/mol. The molecule has 1 aromatic carbocycles. The summed E-state index contributed by atoms with van der Waals surface area (Å²) in [7, 11) is 1.60. The maximum Gasteiger partial charge on any atom is 0.335 e. The number of aromatic carboxylic acids is 1. The lowest BCUT2D eigenvalue weighted by molar-refractivity contribution is -0.131. The second-order valence-electron chi connectivity index (χ2n) is 4.37. The number of carboxylic acid groups (broad SMARTS) is 1. The first-order chi connectivity index (χ1) is 9.49. The van der Waals surface area contributed by atoms with E-state index in [2.05, 4.69) is 0 Å². The van der Waals surface area contributed by atoms with Gasteiger partial charge in [-0.05, 0) is 24.3 Å². The number of anilines is 1. The van der Waals surface area contributed by atoms with Crippen LogP contribution in [0.3, 0.4) is 0 Å². The molecule has 20 heavy (non-hydrogen) atoms. The summed E-state index contributed by atoms with van der Waals surface area (Å²) in [6.07, 6.45) is 0. The number of hydrogen-bond acceptors (Lipinski definition) is 4. The molecule has 2 amide bonds. The van der Waals surface area contributed by atoms with E-state index in [-0.39, 0.29) is 23.9 Å². The standard InChI is InChI=1S/C13H14N2O4S/c1-14(10-4-2-9(3-5-10)13(18)19)11(16)6-15-8-20-7-12(15)17/h2-5H,6-8H2,1H3,(H,18,19). The summed E-state index contributed by atoms with van der Waals surface area (Å²) in [5.74, 6) is -0.284. The molecule has 1 saturated heterocycles. The molecule has 106 valence electrons. The van der Waals surface area contributed by atoms with Crippen molar-refractivity contribution in [3.05, 3.63) is 29.8 Å². The van der Waals surface area contributed by atoms with Gasteiger partial charge in [-0.3, -0.25) is 9.59 Å². The molecule has 0 saturated carbocycles. The van der Waals surface area contributed by atoms with Crippen molar-refractivity contribution in [1.29, 1.82) is 0 Å². The van der Waals surface area contributed by atoms with E-state index in [4.69, 9.17) is 5.11 Å². The van der Waals surface area contributed by atoms with Crippen molar-refractivity contribution in [2.75, 3.05) is 30.1 Å². The highest BCUT2D eigenvalue weighted by Crippen LogP contribution is 2.17. The number of nitrogens with zero attached hydrogens (tertiary/aromatic N) is 2. The van der Waals surface area contributed by atoms with E-state index in [0.717, 1.165) is 0 Å². The molecule has 0 radical (unpaired) electrons. The lowest BCUT2D eigenvalue weighted by Crippen LogP contribution is -2.39. The first-order valence-electron chi connectivity index (χ1n) is 5.94. The molecule has 0 unspecified atom stereocenters. The molecule has 0 aromatic heterocycles. The van der Waals surface area contributed by atoms with Crippen molar-refractivity contribution in [2.45, 2.75) is 0 Å². The third kappa shape index (κ3) is 3.11. The highest BCUT2D eigenvalue weighted by atomic mass is 32.2. The number of likely N-dealkylation sites (N-methyl/N-ethyl adjacent to an activating group) is 1. The van der Waals surface area contributed by atoms with Crippen LogP contribution in [0.15, 0.2) is 24.3 Å². The van der Waals surface area contributed by atoms with E-state index < -0.39 is 5.97 Å². The molecule has 1 aromatic rings. The summed E-state index contributed by atoms with van der Waals surface area (Å²) in [4.78, 5) is 37.2. The topological polar surface area (TPSA) is 77.9 Å². The van der Waals surface area contributed by atoms with Gasteiger partial charge >= 0.3 is 5.97 Å². The largest absolute Gasteiger partial charge is 0.478 e. The Hall–Kier alpha value is -2.02. The lowest BCUT2D eigenvalue weighted by Gasteiger charge is -2.21. The van der Waals surface area contributed by atoms with Crippen LogP contribution in [-0.2, 0) is 9.59 Å². The summed E-state index contributed by atoms with van der Waals surface area (Å²) in [5, 5.41) is 8.82. The van der Waals surface area contributed by atoms with Gasteiger partial charge in [-0.1, -0.05) is 0 Å². The van der Waals surface area contributed by atoms with Gasteiger partial charge in [-0.2, -0.15) is 0 Å². The van der Waals surface area contributed by atoms with Crippen LogP contribution in [0.5, 0.6) is 0 Å². The van der Waals surface area contributed by atoms with Crippen LogP contribution in [0, 0.1) is 0 Å². The van der Waals surface area contributed by atoms with Crippen LogP contribution < -0.4 is 4.90 Å². The van der Waals surface area contributed by atoms with Gasteiger partial charge in [0.1, 0.15) is 6.54 Å². The Morgan fingerprint density at radius 1 is 1.35 bits per heavy atom. The molecule has 2 rings (SSSR count). The summed E-state index contributed by atoms with van der Waals surface area (Å²) < 4.78 is 0. The van der Waals surface area contributed by atoms with E-state index in [0.29, 0.717) is 17.3 Å². The van der Waals surface area contributed by atoms with Gasteiger partial charge in [0.2, 0.25) is 11.8 Å². The molecule has 1 aliphatic rings. The molecule has 1 heterocycles. The van der Waals surface area contributed by atoms with Gasteiger partial charge in [-0.15, -0.1) is 11.8 Å². The zero-order valence-corrected chi connectivity index (χ0v) is 11.7. The Kier molecular flexibility index (Phi) is 4.29. The van der Waals surface area contributed by atoms with Crippen LogP contribution in [0.2, 0.25) is 0 Å². The average Bonchev–Trinajstić information content (AvgIpc) is 2.83. The number of amides is 2. The van der Waals surface area contributed by atoms with Gasteiger partial charge in [0, 0.05) is 12.7 Å². The Morgan fingerprint density at radius 2 is 2.00 bits per heavy atom. The summed E-state index contributed by atoms with van der Waals surface area (Å²) in [5.41, 5.74) is 0.764. The first kappa shape index (κ1) is 14.4. The van der Waals surface area contributed by atoms with Crippen LogP contribution in [0.4, 0.5) is 5.69 Å². The minimum absolute atomic E-state index is 0.0297. The van der Waals surface area contributed by atoms with E-state index in [9.17, 15) is 14.4 Å². The number of hydrogen-bond donors (Lipinski definition) is 1. The number of rotatable bonds is 4. The first-order valence-corrected chi connectivity index (χ1v) is 7.10. The SMILES string of the molecule is CN(C(=O)CN1CSCC1=O)c1ccc(C(=O)O)cc1. The predicted octanol–water partition coefficient (Wildman–Crippen LogP) is 0.880. The summed E-state index contributed by atoms with van der Waals surface area (Å²) in [6, 6.07) is 6.03. The average molecular weight is 294 g/mol. The normalized spacial score (nSPS) is 14.4. The third-order valence-corrected chi connectivity index (χ3v) is 3.97. The number of thioether (sulfide) groups is 1. The van der Waals surface area contributed by atoms with Crippen LogP contribution in [-0.4, -0.2) is 53.0 Å². The lowest BCUT2D eigenvalue weighted by atomic mass is 10.2. The Morgan fingerprint density at radius 3 is 2.50 bits per heavy atom. The Balaban J connectivity index is 2.02. The van der Waals surface area contributed by atoms with Crippen LogP contribution >= 0.6 is 11.8 Å². The molecule has 0 aliphatic carbocycles. The highest BCUT2D eigenvalue weighted by Gasteiger charge is 2.24. The quantitative estimate of drug-likeness (QED) is 0.892. The fraction of sp³-hybridized carbons (Fsp3) is 0.308. The maximum absolute atomic E-state index is 12.1. The highest BCUT2D eigenvalue weighted by molar-refractivity contribution is 8.00. The minimum Gasteiger partial charge on any atom is -0.478 e. The van der Waals surface area contributed by atoms with Crippen molar-refractivity contribution in [2.24, 2.45) is 0 Å². The molecule has 0 atom stereocenters. The van der Waals surface area contributed by atoms with Gasteiger partial charge in [-0.25, -0.2) is 4.79 Å². The second-order valence-corrected chi connectivity index (χ2v) is 5.33. The zero-order valence-electron chi connectivity index (χ0n) is 10.9. The van der Waals surface area contributed by atoms with Crippen molar-refractivity contribution in [3.8, 4) is 0 Å². The minimum atomic E-state index is -1.01. The zero-order chi connectivity index (χ0) is 14.7. The van der Waals surface area contributed by atoms with E-state index >= 15 is 0 Å². The van der Waals surface area contributed by atoms with Crippen LogP contribution in [0.25, 0.3) is 0 Å². The van der Waals surface area contributed by atoms with Crippen molar-refractivity contribution < 1.29 is 19.5 Å². The molecule has 0 spiro atoms. The molecular weight excluding hydrogens is 280 g/mol. The van der Waals surface area contributed by atoms with E-state index in [1.54, 1.807) is 19.2 Å². The Labute approximate surface area is 120 Å². The van der Waals surface area contributed by atoms with Gasteiger partial charge < -0.3 is 14.9 Å². The number of carbonyl (C=O) groups excluding carboxylic acids is 2. The molecule has 1 aliphatic heterocycles. The Bertz CT molecular complexity index is 544. The maximum atomic E-state index is 12.1. The summed E-state index contributed by atoms with van der Waals surface area (Å²) >= 11 is 1.49. The molecule has 0 bridgehead atoms. The molecule has 1 N–H and O–H groups in total. The monoisotopic (exact) mass is 294 g/mol. The van der Waals surface area contributed by atoms with Crippen molar-refractivity contribution >= 4 is 35.2 Å². The second kappa shape index (κ2) is 5.96. The molecule has 7 heteroatoms. The van der Waals surface area contributed by atoms with Gasteiger partial charge in [0.15, 0.2) is 0 Å². The van der Waals surface area contributed by atoms with Gasteiger partial charge in [0.25, 0.3) is 0 Å². The number of carboxylic acids is 1. The van der Waals surface area contributed by atoms with Crippen LogP contribution in [0.1, 0.15) is 10.4 Å². The van der Waals surface area contributed by atoms with E-state index in [1.807, 2.05) is 0 Å². The number of benzene rings is 1. The third-order valence-electron chi connectivity index (χ3n) is 3.03. The van der Waals surface area contributed by atoms with Gasteiger partial charge in [0.05, 0.1) is 17.2 Å². The molecule has 1 fully saturated rings. The van der Waals surface area contributed by atoms with E-state index in [1.165, 1.54) is 33.7 Å². The fourth-order valence-corrected chi connectivity index (χ4v) is 2.69. The van der Waals surface area contributed by atoms with Crippen molar-refractivity contribution in [1.82, 2.24) is 4.90 Å². The smallest absolute Gasteiger partial charge is 0.335 e. The van der Waals surface area contributed by atoms with Crippen molar-refractivity contribution in [3.63, 3.8) is 0 Å².